The van der Waals surface area contributed by atoms with E-state index in [2.05, 4.69) is 5.16 Å². The fraction of sp³-hybridized carbons (Fsp3) is 0.200. The molecular formula is C25H20FNO4S. The summed E-state index contributed by atoms with van der Waals surface area (Å²) in [6.07, 6.45) is 2.22. The van der Waals surface area contributed by atoms with Gasteiger partial charge in [-0.1, -0.05) is 53.7 Å². The van der Waals surface area contributed by atoms with Gasteiger partial charge in [0.15, 0.2) is 9.84 Å². The highest BCUT2D eigenvalue weighted by Crippen LogP contribution is 2.47. The molecular weight excluding hydrogens is 429 g/mol. The first-order valence-corrected chi connectivity index (χ1v) is 12.1. The Balaban J connectivity index is 1.65. The van der Waals surface area contributed by atoms with Crippen molar-refractivity contribution in [1.82, 2.24) is 0 Å². The van der Waals surface area contributed by atoms with Crippen molar-refractivity contribution < 1.29 is 22.4 Å². The van der Waals surface area contributed by atoms with Crippen LogP contribution in [-0.4, -0.2) is 31.8 Å². The molecule has 0 radical (unpaired) electrons. The lowest BCUT2D eigenvalue weighted by Gasteiger charge is -2.36. The number of halogens is 1. The Bertz CT molecular complexity index is 1350. The number of hydrogen-bond donors (Lipinski definition) is 0. The summed E-state index contributed by atoms with van der Waals surface area (Å²) < 4.78 is 37.4. The fourth-order valence-corrected chi connectivity index (χ4v) is 5.25. The molecule has 2 aliphatic rings. The number of carbonyl (C=O) groups is 1. The van der Waals surface area contributed by atoms with Crippen molar-refractivity contribution >= 4 is 21.3 Å². The van der Waals surface area contributed by atoms with E-state index in [1.54, 1.807) is 30.3 Å². The van der Waals surface area contributed by atoms with Crippen LogP contribution in [0.1, 0.15) is 39.4 Å². The highest BCUT2D eigenvalue weighted by molar-refractivity contribution is 7.90. The van der Waals surface area contributed by atoms with E-state index < -0.39 is 21.4 Å². The van der Waals surface area contributed by atoms with Crippen molar-refractivity contribution in [2.75, 3.05) is 6.26 Å². The maximum absolute atomic E-state index is 13.7. The number of Topliss-reactive ketones (excluding diaryl/α,β-unsaturated/α-hetero) is 1. The Morgan fingerprint density at radius 3 is 2.38 bits per heavy atom. The maximum Gasteiger partial charge on any atom is 0.212 e. The third-order valence-corrected chi connectivity index (χ3v) is 7.37. The molecule has 0 bridgehead atoms. The third-order valence-electron chi connectivity index (χ3n) is 6.24. The molecule has 1 spiro atoms. The number of rotatable bonds is 3. The summed E-state index contributed by atoms with van der Waals surface area (Å²) in [4.78, 5) is 19.9. The zero-order valence-electron chi connectivity index (χ0n) is 17.3. The van der Waals surface area contributed by atoms with Crippen molar-refractivity contribution in [3.8, 4) is 0 Å². The van der Waals surface area contributed by atoms with Crippen molar-refractivity contribution in [2.45, 2.75) is 29.3 Å². The molecule has 162 valence electrons. The number of sulfone groups is 1. The average Bonchev–Trinajstić information content (AvgIpc) is 3.17. The van der Waals surface area contributed by atoms with Gasteiger partial charge in [-0.3, -0.25) is 4.79 Å². The molecule has 0 saturated carbocycles. The van der Waals surface area contributed by atoms with Gasteiger partial charge < -0.3 is 4.84 Å². The van der Waals surface area contributed by atoms with E-state index in [0.717, 1.165) is 11.8 Å². The van der Waals surface area contributed by atoms with Gasteiger partial charge >= 0.3 is 0 Å². The van der Waals surface area contributed by atoms with E-state index in [1.165, 1.54) is 24.3 Å². The minimum Gasteiger partial charge on any atom is -0.379 e. The summed E-state index contributed by atoms with van der Waals surface area (Å²) in [6.45, 7) is 0. The van der Waals surface area contributed by atoms with E-state index in [0.29, 0.717) is 35.2 Å². The molecule has 1 aliphatic carbocycles. The van der Waals surface area contributed by atoms with Crippen LogP contribution in [0.5, 0.6) is 0 Å². The average molecular weight is 450 g/mol. The van der Waals surface area contributed by atoms with Crippen LogP contribution in [0, 0.1) is 5.82 Å². The SMILES string of the molecule is CS(=O)(=O)c1ccc(C2C(c3ccc(F)cc3)=NOC23CCc2ccccc2C3=O)cc1. The van der Waals surface area contributed by atoms with E-state index in [4.69, 9.17) is 4.84 Å². The van der Waals surface area contributed by atoms with Gasteiger partial charge in [0.2, 0.25) is 11.4 Å². The first-order valence-electron chi connectivity index (χ1n) is 10.2. The molecule has 2 atom stereocenters. The number of ketones is 1. The Labute approximate surface area is 185 Å². The number of benzene rings is 3. The van der Waals surface area contributed by atoms with E-state index in [1.807, 2.05) is 18.2 Å². The van der Waals surface area contributed by atoms with Crippen molar-refractivity contribution in [3.05, 3.63) is 101 Å². The molecule has 32 heavy (non-hydrogen) atoms. The zero-order valence-corrected chi connectivity index (χ0v) is 18.1. The first kappa shape index (κ1) is 20.6. The number of hydrogen-bond acceptors (Lipinski definition) is 5. The van der Waals surface area contributed by atoms with Gasteiger partial charge in [-0.2, -0.15) is 0 Å². The molecule has 7 heteroatoms. The molecule has 0 aromatic heterocycles. The highest BCUT2D eigenvalue weighted by atomic mass is 32.2. The maximum atomic E-state index is 13.7. The Hall–Kier alpha value is -3.32. The molecule has 0 saturated heterocycles. The van der Waals surface area contributed by atoms with Crippen LogP contribution in [0.25, 0.3) is 0 Å². The molecule has 1 heterocycles. The van der Waals surface area contributed by atoms with Crippen LogP contribution in [-0.2, 0) is 21.1 Å². The second kappa shape index (κ2) is 7.38. The van der Waals surface area contributed by atoms with Gasteiger partial charge in [0, 0.05) is 23.8 Å². The highest BCUT2D eigenvalue weighted by Gasteiger charge is 2.57. The smallest absolute Gasteiger partial charge is 0.212 e. The second-order valence-electron chi connectivity index (χ2n) is 8.22. The molecule has 2 unspecified atom stereocenters. The lowest BCUT2D eigenvalue weighted by atomic mass is 9.68. The van der Waals surface area contributed by atoms with Crippen molar-refractivity contribution in [2.24, 2.45) is 5.16 Å². The Kier molecular flexibility index (Phi) is 4.74. The van der Waals surface area contributed by atoms with Gasteiger partial charge in [-0.05, 0) is 41.8 Å². The summed E-state index contributed by atoms with van der Waals surface area (Å²) in [5.41, 5.74) is 2.20. The first-order chi connectivity index (χ1) is 15.3. The largest absolute Gasteiger partial charge is 0.379 e. The molecule has 0 amide bonds. The number of fused-ring (bicyclic) bond motifs is 1. The predicted molar refractivity (Wildman–Crippen MR) is 118 cm³/mol. The van der Waals surface area contributed by atoms with E-state index in [9.17, 15) is 17.6 Å². The lowest BCUT2D eigenvalue weighted by molar-refractivity contribution is -0.0196. The van der Waals surface area contributed by atoms with Crippen LogP contribution in [0.3, 0.4) is 0 Å². The van der Waals surface area contributed by atoms with Crippen LogP contribution >= 0.6 is 0 Å². The number of carbonyl (C=O) groups excluding carboxylic acids is 1. The number of nitrogens with zero attached hydrogens (tertiary/aromatic N) is 1. The molecule has 0 N–H and O–H groups in total. The fourth-order valence-electron chi connectivity index (χ4n) is 4.62. The summed E-state index contributed by atoms with van der Waals surface area (Å²) in [7, 11) is -3.37. The van der Waals surface area contributed by atoms with Gasteiger partial charge in [-0.15, -0.1) is 0 Å². The van der Waals surface area contributed by atoms with Gasteiger partial charge in [0.1, 0.15) is 5.82 Å². The summed E-state index contributed by atoms with van der Waals surface area (Å²) in [5, 5.41) is 4.32. The number of oxime groups is 1. The van der Waals surface area contributed by atoms with Crippen LogP contribution < -0.4 is 0 Å². The van der Waals surface area contributed by atoms with Crippen LogP contribution in [0.4, 0.5) is 4.39 Å². The summed E-state index contributed by atoms with van der Waals surface area (Å²) in [5.74, 6) is -1.10. The van der Waals surface area contributed by atoms with Gasteiger partial charge in [0.05, 0.1) is 16.5 Å². The van der Waals surface area contributed by atoms with Crippen molar-refractivity contribution in [1.29, 1.82) is 0 Å². The Morgan fingerprint density at radius 1 is 1.00 bits per heavy atom. The van der Waals surface area contributed by atoms with E-state index in [-0.39, 0.29) is 16.5 Å². The topological polar surface area (TPSA) is 72.8 Å². The Morgan fingerprint density at radius 2 is 1.69 bits per heavy atom. The quantitative estimate of drug-likeness (QED) is 0.597. The van der Waals surface area contributed by atoms with E-state index >= 15 is 0 Å². The lowest BCUT2D eigenvalue weighted by Crippen LogP contribution is -2.48. The minimum atomic E-state index is -3.37. The summed E-state index contributed by atoms with van der Waals surface area (Å²) in [6, 6.07) is 19.8. The molecule has 0 fully saturated rings. The molecule has 3 aromatic rings. The van der Waals surface area contributed by atoms with Gasteiger partial charge in [0.25, 0.3) is 0 Å². The molecule has 1 aliphatic heterocycles. The third kappa shape index (κ3) is 3.24. The van der Waals surface area contributed by atoms with Crippen LogP contribution in [0.2, 0.25) is 0 Å². The molecule has 3 aromatic carbocycles. The predicted octanol–water partition coefficient (Wildman–Crippen LogP) is 4.32. The normalized spacial score (nSPS) is 22.4. The monoisotopic (exact) mass is 449 g/mol. The number of aryl methyl sites for hydroxylation is 1. The molecule has 5 nitrogen and oxygen atoms in total. The minimum absolute atomic E-state index is 0.155. The van der Waals surface area contributed by atoms with Crippen LogP contribution in [0.15, 0.2) is 82.8 Å². The molecule has 5 rings (SSSR count). The second-order valence-corrected chi connectivity index (χ2v) is 10.2. The van der Waals surface area contributed by atoms with Gasteiger partial charge in [-0.25, -0.2) is 12.8 Å². The standard InChI is InChI=1S/C25H20FNO4S/c1-32(29,30)20-12-8-17(9-13-20)22-23(18-6-10-19(26)11-7-18)27-31-25(22)15-14-16-4-2-3-5-21(16)24(25)28/h2-13,22H,14-15H2,1H3. The van der Waals surface area contributed by atoms with Crippen molar-refractivity contribution in [3.63, 3.8) is 0 Å². The summed E-state index contributed by atoms with van der Waals surface area (Å²) >= 11 is 0. The zero-order chi connectivity index (χ0) is 22.5.